The lowest BCUT2D eigenvalue weighted by atomic mass is 9.71. The smallest absolute Gasteiger partial charge is 0.410 e. The molecular formula is C26H30Cl2F2N4O5. The highest BCUT2D eigenvalue weighted by Crippen LogP contribution is 2.50. The Morgan fingerprint density at radius 3 is 2.46 bits per heavy atom. The minimum atomic E-state index is -3.63. The number of carbonyl (C=O) groups is 2. The Bertz CT molecular complexity index is 1240. The van der Waals surface area contributed by atoms with Crippen molar-refractivity contribution in [3.05, 3.63) is 58.2 Å². The highest BCUT2D eigenvalue weighted by Gasteiger charge is 2.54. The average molecular weight is 587 g/mol. The molecule has 0 N–H and O–H groups in total. The maximum Gasteiger partial charge on any atom is 0.410 e. The van der Waals surface area contributed by atoms with Gasteiger partial charge in [-0.05, 0) is 45.7 Å². The molecule has 0 bridgehead atoms. The van der Waals surface area contributed by atoms with Gasteiger partial charge in [-0.3, -0.25) is 0 Å². The van der Waals surface area contributed by atoms with Crippen molar-refractivity contribution in [1.29, 1.82) is 0 Å². The van der Waals surface area contributed by atoms with Crippen LogP contribution in [0.3, 0.4) is 0 Å². The minimum Gasteiger partial charge on any atom is -0.445 e. The van der Waals surface area contributed by atoms with Crippen LogP contribution in [0.4, 0.5) is 18.4 Å². The molecule has 39 heavy (non-hydrogen) atoms. The zero-order valence-corrected chi connectivity index (χ0v) is 23.4. The Hall–Kier alpha value is -2.92. The molecule has 1 atom stereocenters. The van der Waals surface area contributed by atoms with Crippen molar-refractivity contribution in [2.75, 3.05) is 32.8 Å². The van der Waals surface area contributed by atoms with Gasteiger partial charge in [-0.2, -0.15) is 8.78 Å². The first-order valence-electron chi connectivity index (χ1n) is 12.4. The van der Waals surface area contributed by atoms with Crippen LogP contribution in [0.2, 0.25) is 10.0 Å². The number of halogens is 4. The molecule has 1 aromatic carbocycles. The first-order chi connectivity index (χ1) is 18.3. The van der Waals surface area contributed by atoms with E-state index in [1.165, 1.54) is 17.0 Å². The molecule has 212 valence electrons. The van der Waals surface area contributed by atoms with Crippen molar-refractivity contribution < 1.29 is 32.3 Å². The Labute approximate surface area is 235 Å². The number of hydrogen-bond donors (Lipinski definition) is 0. The molecule has 0 saturated carbocycles. The molecular weight excluding hydrogens is 557 g/mol. The fourth-order valence-corrected chi connectivity index (χ4v) is 5.25. The number of hydrogen-bond acceptors (Lipinski definition) is 7. The number of likely N-dealkylation sites (tertiary alicyclic amines) is 2. The van der Waals surface area contributed by atoms with Crippen LogP contribution >= 0.6 is 23.2 Å². The Morgan fingerprint density at radius 2 is 1.85 bits per heavy atom. The second kappa shape index (κ2) is 10.9. The number of piperidine rings is 1. The van der Waals surface area contributed by atoms with E-state index in [1.54, 1.807) is 25.7 Å². The zero-order chi connectivity index (χ0) is 28.6. The minimum absolute atomic E-state index is 0.0190. The van der Waals surface area contributed by atoms with Crippen molar-refractivity contribution in [3.8, 4) is 0 Å². The molecule has 0 radical (unpaired) electrons. The van der Waals surface area contributed by atoms with E-state index in [2.05, 4.69) is 16.8 Å². The molecule has 1 unspecified atom stereocenters. The number of aromatic nitrogens is 2. The van der Waals surface area contributed by atoms with Crippen LogP contribution in [0.5, 0.6) is 0 Å². The van der Waals surface area contributed by atoms with Gasteiger partial charge in [-0.25, -0.2) is 9.59 Å². The average Bonchev–Trinajstić information content (AvgIpc) is 3.49. The number of ether oxygens (including phenoxy) is 2. The van der Waals surface area contributed by atoms with Gasteiger partial charge >= 0.3 is 18.1 Å². The van der Waals surface area contributed by atoms with Crippen molar-refractivity contribution in [3.63, 3.8) is 0 Å². The SMILES string of the molecule is C=CCOC(=O)N1CC(c2nnc(C(F)(F)c3ccc(Cl)c(Cl)c3)o2)C2(CCN(C(=O)OC(C)(C)C)CC2)C1. The number of benzene rings is 1. The largest absolute Gasteiger partial charge is 0.445 e. The summed E-state index contributed by atoms with van der Waals surface area (Å²) >= 11 is 11.8. The van der Waals surface area contributed by atoms with Gasteiger partial charge in [0.25, 0.3) is 5.89 Å². The lowest BCUT2D eigenvalue weighted by Crippen LogP contribution is -2.47. The summed E-state index contributed by atoms with van der Waals surface area (Å²) in [7, 11) is 0. The van der Waals surface area contributed by atoms with E-state index in [-0.39, 0.29) is 35.6 Å². The van der Waals surface area contributed by atoms with Gasteiger partial charge in [-0.1, -0.05) is 41.9 Å². The monoisotopic (exact) mass is 586 g/mol. The molecule has 1 spiro atoms. The summed E-state index contributed by atoms with van der Waals surface area (Å²) < 4.78 is 46.9. The van der Waals surface area contributed by atoms with Gasteiger partial charge in [0.05, 0.1) is 16.0 Å². The lowest BCUT2D eigenvalue weighted by Gasteiger charge is -2.41. The topological polar surface area (TPSA) is 98.0 Å². The van der Waals surface area contributed by atoms with Crippen LogP contribution in [-0.4, -0.2) is 70.6 Å². The van der Waals surface area contributed by atoms with Gasteiger partial charge < -0.3 is 23.7 Å². The highest BCUT2D eigenvalue weighted by molar-refractivity contribution is 6.42. The predicted molar refractivity (Wildman–Crippen MR) is 139 cm³/mol. The number of nitrogens with zero attached hydrogens (tertiary/aromatic N) is 4. The van der Waals surface area contributed by atoms with Gasteiger partial charge in [0.15, 0.2) is 0 Å². The van der Waals surface area contributed by atoms with Crippen LogP contribution in [0.1, 0.15) is 56.9 Å². The highest BCUT2D eigenvalue weighted by atomic mass is 35.5. The fourth-order valence-electron chi connectivity index (χ4n) is 4.95. The second-order valence-corrected chi connectivity index (χ2v) is 11.6. The van der Waals surface area contributed by atoms with E-state index in [9.17, 15) is 9.59 Å². The van der Waals surface area contributed by atoms with E-state index in [4.69, 9.17) is 37.1 Å². The summed E-state index contributed by atoms with van der Waals surface area (Å²) in [5.41, 5.74) is -1.70. The van der Waals surface area contributed by atoms with Gasteiger partial charge in [0.1, 0.15) is 12.2 Å². The van der Waals surface area contributed by atoms with E-state index in [1.807, 2.05) is 0 Å². The first kappa shape index (κ1) is 29.1. The Kier molecular flexibility index (Phi) is 8.14. The summed E-state index contributed by atoms with van der Waals surface area (Å²) in [6.07, 6.45) is 1.38. The second-order valence-electron chi connectivity index (χ2n) is 10.8. The molecule has 2 fully saturated rings. The van der Waals surface area contributed by atoms with Gasteiger partial charge in [0, 0.05) is 37.2 Å². The van der Waals surface area contributed by atoms with Crippen LogP contribution in [0, 0.1) is 5.41 Å². The maximum atomic E-state index is 15.3. The summed E-state index contributed by atoms with van der Waals surface area (Å²) in [6.45, 7) is 10.0. The summed E-state index contributed by atoms with van der Waals surface area (Å²) in [6, 6.07) is 3.45. The number of amides is 2. The molecule has 2 saturated heterocycles. The third kappa shape index (κ3) is 6.14. The third-order valence-electron chi connectivity index (χ3n) is 6.93. The molecule has 2 aliphatic rings. The van der Waals surface area contributed by atoms with Crippen molar-refractivity contribution in [2.45, 2.75) is 51.1 Å². The standard InChI is InChI=1S/C26H30Cl2F2N4O5/c1-5-12-37-22(35)34-14-17(25(15-34)8-10-33(11-9-25)23(36)39-24(2,3)4)20-31-32-21(38-20)26(29,30)16-6-7-18(27)19(28)13-16/h5-7,13,17H,1,8-12,14-15H2,2-4H3. The van der Waals surface area contributed by atoms with Crippen LogP contribution < -0.4 is 0 Å². The quantitative estimate of drug-likeness (QED) is 0.381. The van der Waals surface area contributed by atoms with Crippen molar-refractivity contribution >= 4 is 35.4 Å². The number of alkyl halides is 2. The Balaban J connectivity index is 1.60. The van der Waals surface area contributed by atoms with E-state index >= 15 is 8.78 Å². The molecule has 2 aromatic rings. The third-order valence-corrected chi connectivity index (χ3v) is 7.67. The summed E-state index contributed by atoms with van der Waals surface area (Å²) in [4.78, 5) is 28.4. The molecule has 2 aliphatic heterocycles. The molecule has 2 amide bonds. The van der Waals surface area contributed by atoms with E-state index in [0.717, 1.165) is 12.1 Å². The van der Waals surface area contributed by atoms with E-state index < -0.39 is 46.5 Å². The van der Waals surface area contributed by atoms with Crippen molar-refractivity contribution in [1.82, 2.24) is 20.0 Å². The summed E-state index contributed by atoms with van der Waals surface area (Å²) in [5, 5.41) is 7.75. The Morgan fingerprint density at radius 1 is 1.15 bits per heavy atom. The number of rotatable bonds is 5. The molecule has 3 heterocycles. The first-order valence-corrected chi connectivity index (χ1v) is 13.2. The molecule has 0 aliphatic carbocycles. The fraction of sp³-hybridized carbons (Fsp3) is 0.538. The molecule has 1 aromatic heterocycles. The molecule has 4 rings (SSSR count). The summed E-state index contributed by atoms with van der Waals surface area (Å²) in [5.74, 6) is -5.10. The predicted octanol–water partition coefficient (Wildman–Crippen LogP) is 6.26. The zero-order valence-electron chi connectivity index (χ0n) is 21.9. The number of carbonyl (C=O) groups excluding carboxylic acids is 2. The van der Waals surface area contributed by atoms with Crippen LogP contribution in [-0.2, 0) is 15.4 Å². The van der Waals surface area contributed by atoms with E-state index in [0.29, 0.717) is 25.9 Å². The van der Waals surface area contributed by atoms with Gasteiger partial charge in [-0.15, -0.1) is 10.2 Å². The molecule has 13 heteroatoms. The maximum absolute atomic E-state index is 15.3. The molecule has 9 nitrogen and oxygen atoms in total. The lowest BCUT2D eigenvalue weighted by molar-refractivity contribution is 0.00461. The van der Waals surface area contributed by atoms with Crippen LogP contribution in [0.25, 0.3) is 0 Å². The normalized spacial score (nSPS) is 19.3. The van der Waals surface area contributed by atoms with Crippen molar-refractivity contribution in [2.24, 2.45) is 5.41 Å². The van der Waals surface area contributed by atoms with Gasteiger partial charge in [0.2, 0.25) is 5.89 Å². The van der Waals surface area contributed by atoms with Crippen LogP contribution in [0.15, 0.2) is 35.3 Å².